The van der Waals surface area contributed by atoms with E-state index in [1.54, 1.807) is 11.5 Å². The zero-order valence-corrected chi connectivity index (χ0v) is 11.1. The first-order valence-corrected chi connectivity index (χ1v) is 6.64. The van der Waals surface area contributed by atoms with Crippen molar-refractivity contribution in [2.24, 2.45) is 0 Å². The maximum Gasteiger partial charge on any atom is 0.261 e. The van der Waals surface area contributed by atoms with Gasteiger partial charge in [-0.05, 0) is 24.3 Å². The molecule has 0 spiro atoms. The monoisotopic (exact) mass is 280 g/mol. The topological polar surface area (TPSA) is 3.88 Å². The standard InChI is InChI=1S/C13H8Cl2NS/c14-10-5-3-6-11(15)13(10)16-8-9-4-1-2-7-12(9)17-16/h1-8H/q+1. The summed E-state index contributed by atoms with van der Waals surface area (Å²) in [6.45, 7) is 0. The van der Waals surface area contributed by atoms with Crippen LogP contribution in [0.25, 0.3) is 15.8 Å². The molecule has 1 nitrogen and oxygen atoms in total. The molecular formula is C13H8Cl2NS+. The van der Waals surface area contributed by atoms with Crippen molar-refractivity contribution in [1.29, 1.82) is 0 Å². The highest BCUT2D eigenvalue weighted by Crippen LogP contribution is 2.27. The average molecular weight is 281 g/mol. The number of nitrogens with zero attached hydrogens (tertiary/aromatic N) is 1. The smallest absolute Gasteiger partial charge is 0.0982 e. The predicted octanol–water partition coefficient (Wildman–Crippen LogP) is 4.48. The highest BCUT2D eigenvalue weighted by molar-refractivity contribution is 7.09. The molecule has 17 heavy (non-hydrogen) atoms. The minimum absolute atomic E-state index is 0.661. The van der Waals surface area contributed by atoms with Gasteiger partial charge in [-0.25, -0.2) is 0 Å². The quantitative estimate of drug-likeness (QED) is 0.579. The Labute approximate surface area is 113 Å². The summed E-state index contributed by atoms with van der Waals surface area (Å²) in [5, 5.41) is 2.51. The third kappa shape index (κ3) is 1.93. The van der Waals surface area contributed by atoms with Gasteiger partial charge in [0, 0.05) is 0 Å². The Morgan fingerprint density at radius 3 is 2.29 bits per heavy atom. The number of halogens is 2. The summed E-state index contributed by atoms with van der Waals surface area (Å²) >= 11 is 14.0. The second kappa shape index (κ2) is 4.30. The fraction of sp³-hybridized carbons (Fsp3) is 0. The van der Waals surface area contributed by atoms with Crippen molar-refractivity contribution in [3.8, 4) is 5.69 Å². The van der Waals surface area contributed by atoms with Crippen LogP contribution in [-0.4, -0.2) is 0 Å². The molecule has 84 valence electrons. The maximum atomic E-state index is 6.19. The fourth-order valence-corrected chi connectivity index (χ4v) is 3.45. The zero-order chi connectivity index (χ0) is 11.8. The minimum atomic E-state index is 0.661. The van der Waals surface area contributed by atoms with Gasteiger partial charge in [-0.15, -0.1) is 0 Å². The lowest BCUT2D eigenvalue weighted by Gasteiger charge is -1.96. The molecule has 0 aliphatic rings. The van der Waals surface area contributed by atoms with Crippen LogP contribution >= 0.6 is 34.7 Å². The van der Waals surface area contributed by atoms with Crippen LogP contribution in [0.3, 0.4) is 0 Å². The first-order chi connectivity index (χ1) is 8.25. The van der Waals surface area contributed by atoms with E-state index < -0.39 is 0 Å². The van der Waals surface area contributed by atoms with Gasteiger partial charge >= 0.3 is 0 Å². The van der Waals surface area contributed by atoms with Gasteiger partial charge in [-0.3, -0.25) is 0 Å². The number of para-hydroxylation sites is 1. The van der Waals surface area contributed by atoms with E-state index in [0.29, 0.717) is 10.0 Å². The van der Waals surface area contributed by atoms with E-state index in [4.69, 9.17) is 23.2 Å². The lowest BCUT2D eigenvalue weighted by molar-refractivity contribution is -0.518. The van der Waals surface area contributed by atoms with Crippen molar-refractivity contribution in [3.05, 3.63) is 58.7 Å². The van der Waals surface area contributed by atoms with Gasteiger partial charge in [0.1, 0.15) is 26.3 Å². The molecule has 0 amide bonds. The van der Waals surface area contributed by atoms with Crippen molar-refractivity contribution in [2.45, 2.75) is 0 Å². The molecule has 1 aromatic heterocycles. The average Bonchev–Trinajstić information content (AvgIpc) is 2.71. The molecule has 0 atom stereocenters. The second-order valence-electron chi connectivity index (χ2n) is 3.65. The third-order valence-electron chi connectivity index (χ3n) is 2.53. The van der Waals surface area contributed by atoms with E-state index in [-0.39, 0.29) is 0 Å². The maximum absolute atomic E-state index is 6.19. The van der Waals surface area contributed by atoms with Gasteiger partial charge in [0.2, 0.25) is 0 Å². The molecule has 0 aliphatic heterocycles. The molecular weight excluding hydrogens is 273 g/mol. The number of rotatable bonds is 1. The van der Waals surface area contributed by atoms with Crippen molar-refractivity contribution in [1.82, 2.24) is 0 Å². The molecule has 0 aliphatic carbocycles. The lowest BCUT2D eigenvalue weighted by atomic mass is 10.3. The first-order valence-electron chi connectivity index (χ1n) is 5.11. The fourth-order valence-electron chi connectivity index (χ4n) is 1.74. The highest BCUT2D eigenvalue weighted by Gasteiger charge is 2.19. The van der Waals surface area contributed by atoms with Crippen LogP contribution in [0.5, 0.6) is 0 Å². The number of aromatic nitrogens is 1. The Kier molecular flexibility index (Phi) is 2.79. The molecule has 0 bridgehead atoms. The number of hydrogen-bond acceptors (Lipinski definition) is 1. The van der Waals surface area contributed by atoms with E-state index in [9.17, 15) is 0 Å². The Bertz CT molecular complexity index is 637. The van der Waals surface area contributed by atoms with Gasteiger partial charge in [-0.2, -0.15) is 0 Å². The molecule has 1 heterocycles. The van der Waals surface area contributed by atoms with Gasteiger partial charge in [0.05, 0.1) is 5.39 Å². The summed E-state index contributed by atoms with van der Waals surface area (Å²) in [7, 11) is 0. The van der Waals surface area contributed by atoms with Crippen molar-refractivity contribution in [3.63, 3.8) is 0 Å². The molecule has 0 radical (unpaired) electrons. The lowest BCUT2D eigenvalue weighted by Crippen LogP contribution is -2.24. The molecule has 2 aromatic carbocycles. The molecule has 4 heteroatoms. The Balaban J connectivity index is 2.27. The molecule has 0 saturated heterocycles. The molecule has 0 saturated carbocycles. The molecule has 3 aromatic rings. The summed E-state index contributed by atoms with van der Waals surface area (Å²) in [6, 6.07) is 13.8. The number of fused-ring (bicyclic) bond motifs is 1. The molecule has 0 fully saturated rings. The second-order valence-corrected chi connectivity index (χ2v) is 5.48. The van der Waals surface area contributed by atoms with Gasteiger partial charge in [-0.1, -0.05) is 45.4 Å². The summed E-state index contributed by atoms with van der Waals surface area (Å²) in [6.07, 6.45) is 2.05. The summed E-state index contributed by atoms with van der Waals surface area (Å²) < 4.78 is 3.22. The summed E-state index contributed by atoms with van der Waals surface area (Å²) in [4.78, 5) is 0. The van der Waals surface area contributed by atoms with Crippen LogP contribution in [0.4, 0.5) is 0 Å². The van der Waals surface area contributed by atoms with Crippen molar-refractivity contribution < 1.29 is 3.96 Å². The highest BCUT2D eigenvalue weighted by atomic mass is 35.5. The normalized spacial score (nSPS) is 10.9. The van der Waals surface area contributed by atoms with Crippen LogP contribution in [0.15, 0.2) is 48.7 Å². The summed E-state index contributed by atoms with van der Waals surface area (Å²) in [5.41, 5.74) is 0.844. The number of benzene rings is 2. The third-order valence-corrected chi connectivity index (χ3v) is 4.19. The molecule has 0 unspecified atom stereocenters. The SMILES string of the molecule is Clc1cccc(Cl)c1-[n+]1cc2ccccc2s1. The molecule has 3 rings (SSSR count). The van der Waals surface area contributed by atoms with Crippen LogP contribution in [0.1, 0.15) is 0 Å². The van der Waals surface area contributed by atoms with Crippen molar-refractivity contribution in [2.75, 3.05) is 0 Å². The van der Waals surface area contributed by atoms with Crippen LogP contribution < -0.4 is 3.96 Å². The van der Waals surface area contributed by atoms with E-state index >= 15 is 0 Å². The van der Waals surface area contributed by atoms with Gasteiger partial charge in [0.25, 0.3) is 5.69 Å². The van der Waals surface area contributed by atoms with E-state index in [0.717, 1.165) is 5.69 Å². The Morgan fingerprint density at radius 1 is 0.882 bits per heavy atom. The van der Waals surface area contributed by atoms with E-state index in [1.165, 1.54) is 10.1 Å². The van der Waals surface area contributed by atoms with Crippen LogP contribution in [0, 0.1) is 0 Å². The molecule has 0 N–H and O–H groups in total. The summed E-state index contributed by atoms with van der Waals surface area (Å²) in [5.74, 6) is 0. The Morgan fingerprint density at radius 2 is 1.59 bits per heavy atom. The first kappa shape index (κ1) is 11.0. The van der Waals surface area contributed by atoms with Crippen molar-refractivity contribution >= 4 is 44.8 Å². The van der Waals surface area contributed by atoms with Gasteiger partial charge in [0.15, 0.2) is 6.20 Å². The van der Waals surface area contributed by atoms with E-state index in [1.807, 2.05) is 40.5 Å². The van der Waals surface area contributed by atoms with E-state index in [2.05, 4.69) is 12.1 Å². The minimum Gasteiger partial charge on any atom is -0.0982 e. The number of hydrogen-bond donors (Lipinski definition) is 0. The Hall–Kier alpha value is -1.09. The van der Waals surface area contributed by atoms with Crippen LogP contribution in [-0.2, 0) is 0 Å². The van der Waals surface area contributed by atoms with Gasteiger partial charge < -0.3 is 0 Å². The van der Waals surface area contributed by atoms with Crippen LogP contribution in [0.2, 0.25) is 10.0 Å². The zero-order valence-electron chi connectivity index (χ0n) is 8.73. The predicted molar refractivity (Wildman–Crippen MR) is 73.4 cm³/mol. The largest absolute Gasteiger partial charge is 0.261 e.